The van der Waals surface area contributed by atoms with E-state index < -0.39 is 0 Å². The van der Waals surface area contributed by atoms with Crippen LogP contribution < -0.4 is 10.1 Å². The number of halogens is 1. The molecule has 2 rings (SSSR count). The van der Waals surface area contributed by atoms with Gasteiger partial charge in [0, 0.05) is 17.0 Å². The van der Waals surface area contributed by atoms with Crippen molar-refractivity contribution in [1.29, 1.82) is 0 Å². The fourth-order valence-electron chi connectivity index (χ4n) is 1.93. The SMILES string of the molecule is COc1cccc(NC(=O)CS[C@@H](C)c2ccc(F)cc2)c1. The number of anilines is 1. The largest absolute Gasteiger partial charge is 0.497 e. The minimum absolute atomic E-state index is 0.0767. The minimum atomic E-state index is -0.253. The summed E-state index contributed by atoms with van der Waals surface area (Å²) in [5, 5.41) is 2.95. The van der Waals surface area contributed by atoms with Crippen LogP contribution in [0.2, 0.25) is 0 Å². The highest BCUT2D eigenvalue weighted by molar-refractivity contribution is 8.00. The molecule has 0 aromatic heterocycles. The number of hydrogen-bond donors (Lipinski definition) is 1. The summed E-state index contributed by atoms with van der Waals surface area (Å²) in [4.78, 5) is 12.0. The molecule has 0 aliphatic heterocycles. The Morgan fingerprint density at radius 3 is 2.68 bits per heavy atom. The summed E-state index contributed by atoms with van der Waals surface area (Å²) in [7, 11) is 1.58. The van der Waals surface area contributed by atoms with Crippen molar-refractivity contribution in [2.45, 2.75) is 12.2 Å². The molecular formula is C17H18FNO2S. The monoisotopic (exact) mass is 319 g/mol. The van der Waals surface area contributed by atoms with Gasteiger partial charge in [0.05, 0.1) is 12.9 Å². The number of benzene rings is 2. The molecule has 1 atom stereocenters. The second-order valence-corrected chi connectivity index (χ2v) is 6.11. The van der Waals surface area contributed by atoms with Crippen LogP contribution in [0.15, 0.2) is 48.5 Å². The molecule has 0 saturated carbocycles. The molecule has 0 spiro atoms. The van der Waals surface area contributed by atoms with E-state index in [0.717, 1.165) is 5.56 Å². The lowest BCUT2D eigenvalue weighted by Gasteiger charge is -2.12. The van der Waals surface area contributed by atoms with E-state index in [1.807, 2.05) is 25.1 Å². The Kier molecular flexibility index (Phi) is 5.83. The van der Waals surface area contributed by atoms with E-state index in [-0.39, 0.29) is 17.0 Å². The van der Waals surface area contributed by atoms with Crippen molar-refractivity contribution in [2.75, 3.05) is 18.2 Å². The van der Waals surface area contributed by atoms with Crippen LogP contribution in [-0.4, -0.2) is 18.8 Å². The molecule has 3 nitrogen and oxygen atoms in total. The first-order valence-corrected chi connectivity index (χ1v) is 7.94. The molecule has 22 heavy (non-hydrogen) atoms. The maximum atomic E-state index is 12.9. The third-order valence-electron chi connectivity index (χ3n) is 3.16. The third kappa shape index (κ3) is 4.77. The molecular weight excluding hydrogens is 301 g/mol. The summed E-state index contributed by atoms with van der Waals surface area (Å²) in [5.74, 6) is 0.699. The number of hydrogen-bond acceptors (Lipinski definition) is 3. The molecule has 0 aliphatic carbocycles. The molecule has 0 fully saturated rings. The minimum Gasteiger partial charge on any atom is -0.497 e. The standard InChI is InChI=1S/C17H18FNO2S/c1-12(13-6-8-14(18)9-7-13)22-11-17(20)19-15-4-3-5-16(10-15)21-2/h3-10,12H,11H2,1-2H3,(H,19,20)/t12-/m0/s1. The zero-order valence-corrected chi connectivity index (χ0v) is 13.3. The van der Waals surface area contributed by atoms with Crippen LogP contribution >= 0.6 is 11.8 Å². The first kappa shape index (κ1) is 16.4. The first-order chi connectivity index (χ1) is 10.6. The van der Waals surface area contributed by atoms with Crippen LogP contribution in [0.1, 0.15) is 17.7 Å². The quantitative estimate of drug-likeness (QED) is 0.864. The van der Waals surface area contributed by atoms with Crippen molar-refractivity contribution >= 4 is 23.4 Å². The number of rotatable bonds is 6. The van der Waals surface area contributed by atoms with Crippen LogP contribution in [0.25, 0.3) is 0 Å². The maximum Gasteiger partial charge on any atom is 0.234 e. The zero-order valence-electron chi connectivity index (χ0n) is 12.5. The third-order valence-corrected chi connectivity index (χ3v) is 4.36. The van der Waals surface area contributed by atoms with E-state index in [0.29, 0.717) is 17.2 Å². The highest BCUT2D eigenvalue weighted by Gasteiger charge is 2.10. The van der Waals surface area contributed by atoms with Crippen LogP contribution in [0.3, 0.4) is 0 Å². The van der Waals surface area contributed by atoms with Gasteiger partial charge in [-0.05, 0) is 36.8 Å². The summed E-state index contributed by atoms with van der Waals surface area (Å²) in [5.41, 5.74) is 1.71. The molecule has 0 saturated heterocycles. The second-order valence-electron chi connectivity index (χ2n) is 4.78. The van der Waals surface area contributed by atoms with Crippen LogP contribution in [0, 0.1) is 5.82 Å². The highest BCUT2D eigenvalue weighted by atomic mass is 32.2. The Labute approximate surface area is 133 Å². The van der Waals surface area contributed by atoms with Gasteiger partial charge in [-0.2, -0.15) is 0 Å². The average Bonchev–Trinajstić information content (AvgIpc) is 2.53. The van der Waals surface area contributed by atoms with E-state index in [1.54, 1.807) is 25.3 Å². The fraction of sp³-hybridized carbons (Fsp3) is 0.235. The molecule has 1 amide bonds. The van der Waals surface area contributed by atoms with Crippen molar-refractivity contribution in [1.82, 2.24) is 0 Å². The fourth-order valence-corrected chi connectivity index (χ4v) is 2.75. The number of carbonyl (C=O) groups excluding carboxylic acids is 1. The summed E-state index contributed by atoms with van der Waals surface area (Å²) < 4.78 is 18.0. The van der Waals surface area contributed by atoms with Crippen molar-refractivity contribution in [3.05, 3.63) is 59.9 Å². The number of ether oxygens (including phenoxy) is 1. The Bertz CT molecular complexity index is 631. The van der Waals surface area contributed by atoms with Crippen molar-refractivity contribution in [3.63, 3.8) is 0 Å². The van der Waals surface area contributed by atoms with E-state index in [2.05, 4.69) is 5.32 Å². The number of methoxy groups -OCH3 is 1. The van der Waals surface area contributed by atoms with Gasteiger partial charge >= 0.3 is 0 Å². The van der Waals surface area contributed by atoms with Gasteiger partial charge in [0.25, 0.3) is 0 Å². The normalized spacial score (nSPS) is 11.8. The highest BCUT2D eigenvalue weighted by Crippen LogP contribution is 2.28. The Hall–Kier alpha value is -2.01. The Morgan fingerprint density at radius 2 is 2.00 bits per heavy atom. The van der Waals surface area contributed by atoms with Gasteiger partial charge in [-0.15, -0.1) is 11.8 Å². The van der Waals surface area contributed by atoms with Crippen LogP contribution in [0.4, 0.5) is 10.1 Å². The van der Waals surface area contributed by atoms with Gasteiger partial charge in [0.2, 0.25) is 5.91 Å². The molecule has 0 heterocycles. The summed E-state index contributed by atoms with van der Waals surface area (Å²) in [6, 6.07) is 13.6. The predicted molar refractivity (Wildman–Crippen MR) is 88.9 cm³/mol. The first-order valence-electron chi connectivity index (χ1n) is 6.89. The summed E-state index contributed by atoms with van der Waals surface area (Å²) in [6.45, 7) is 2.00. The molecule has 2 aromatic rings. The van der Waals surface area contributed by atoms with Gasteiger partial charge < -0.3 is 10.1 Å². The van der Waals surface area contributed by atoms with Crippen molar-refractivity contribution in [3.8, 4) is 5.75 Å². The van der Waals surface area contributed by atoms with Crippen molar-refractivity contribution in [2.24, 2.45) is 0 Å². The Morgan fingerprint density at radius 1 is 1.27 bits per heavy atom. The van der Waals surface area contributed by atoms with Gasteiger partial charge in [-0.25, -0.2) is 4.39 Å². The van der Waals surface area contributed by atoms with Gasteiger partial charge in [-0.3, -0.25) is 4.79 Å². The molecule has 0 unspecified atom stereocenters. The smallest absolute Gasteiger partial charge is 0.234 e. The summed E-state index contributed by atoms with van der Waals surface area (Å²) in [6.07, 6.45) is 0. The molecule has 0 bridgehead atoms. The Balaban J connectivity index is 1.85. The second kappa shape index (κ2) is 7.84. The lowest BCUT2D eigenvalue weighted by atomic mass is 10.2. The summed E-state index contributed by atoms with van der Waals surface area (Å²) >= 11 is 1.51. The molecule has 2 aromatic carbocycles. The zero-order chi connectivity index (χ0) is 15.9. The lowest BCUT2D eigenvalue weighted by molar-refractivity contribution is -0.113. The number of nitrogens with one attached hydrogen (secondary N) is 1. The molecule has 0 aliphatic rings. The number of thioether (sulfide) groups is 1. The lowest BCUT2D eigenvalue weighted by Crippen LogP contribution is -2.14. The predicted octanol–water partition coefficient (Wildman–Crippen LogP) is 4.27. The van der Waals surface area contributed by atoms with E-state index in [4.69, 9.17) is 4.74 Å². The van der Waals surface area contributed by atoms with E-state index in [9.17, 15) is 9.18 Å². The molecule has 5 heteroatoms. The average molecular weight is 319 g/mol. The van der Waals surface area contributed by atoms with Crippen LogP contribution in [0.5, 0.6) is 5.75 Å². The number of amides is 1. The molecule has 0 radical (unpaired) electrons. The maximum absolute atomic E-state index is 12.9. The molecule has 116 valence electrons. The van der Waals surface area contributed by atoms with E-state index >= 15 is 0 Å². The molecule has 1 N–H and O–H groups in total. The van der Waals surface area contributed by atoms with Gasteiger partial charge in [0.1, 0.15) is 11.6 Å². The topological polar surface area (TPSA) is 38.3 Å². The number of carbonyl (C=O) groups is 1. The van der Waals surface area contributed by atoms with E-state index in [1.165, 1.54) is 23.9 Å². The van der Waals surface area contributed by atoms with Gasteiger partial charge in [0.15, 0.2) is 0 Å². The van der Waals surface area contributed by atoms with Crippen molar-refractivity contribution < 1.29 is 13.9 Å². The van der Waals surface area contributed by atoms with Gasteiger partial charge in [-0.1, -0.05) is 18.2 Å². The van der Waals surface area contributed by atoms with Crippen LogP contribution in [-0.2, 0) is 4.79 Å².